The van der Waals surface area contributed by atoms with Crippen LogP contribution in [-0.4, -0.2) is 11.5 Å². The van der Waals surface area contributed by atoms with Gasteiger partial charge in [-0.1, -0.05) is 30.3 Å². The second-order valence-electron chi connectivity index (χ2n) is 2.07. The van der Waals surface area contributed by atoms with E-state index in [1.807, 2.05) is 6.07 Å². The van der Waals surface area contributed by atoms with E-state index in [-0.39, 0.29) is 0 Å². The zero-order valence-electron chi connectivity index (χ0n) is 5.81. The molecule has 0 saturated heterocycles. The van der Waals surface area contributed by atoms with Gasteiger partial charge in [-0.25, -0.2) is 4.89 Å². The third-order valence-corrected chi connectivity index (χ3v) is 1.37. The van der Waals surface area contributed by atoms with Crippen molar-refractivity contribution >= 4 is 6.29 Å². The molecule has 0 radical (unpaired) electrons. The van der Waals surface area contributed by atoms with E-state index in [1.165, 1.54) is 0 Å². The van der Waals surface area contributed by atoms with E-state index in [1.54, 1.807) is 24.3 Å². The third-order valence-electron chi connectivity index (χ3n) is 1.37. The van der Waals surface area contributed by atoms with Crippen LogP contribution in [0.2, 0.25) is 0 Å². The van der Waals surface area contributed by atoms with Crippen molar-refractivity contribution < 1.29 is 14.9 Å². The molecule has 0 fully saturated rings. The number of rotatable bonds is 3. The Labute approximate surface area is 64.2 Å². The lowest BCUT2D eigenvalue weighted by Crippen LogP contribution is -2.01. The van der Waals surface area contributed by atoms with Crippen molar-refractivity contribution in [2.24, 2.45) is 0 Å². The highest BCUT2D eigenvalue weighted by molar-refractivity contribution is 5.59. The van der Waals surface area contributed by atoms with Gasteiger partial charge in [0, 0.05) is 0 Å². The van der Waals surface area contributed by atoms with Crippen LogP contribution in [0.25, 0.3) is 0 Å². The lowest BCUT2D eigenvalue weighted by atomic mass is 10.1. The minimum absolute atomic E-state index is 0.537. The largest absolute Gasteiger partial charge is 0.300 e. The zero-order valence-corrected chi connectivity index (χ0v) is 5.81. The van der Waals surface area contributed by atoms with Gasteiger partial charge >= 0.3 is 0 Å². The standard InChI is InChI=1S/C8H8O3/c9-6-8(11-10)7-4-2-1-3-5-7/h1-6,8,10H. The average molecular weight is 152 g/mol. The van der Waals surface area contributed by atoms with Crippen molar-refractivity contribution in [1.82, 2.24) is 0 Å². The molecule has 1 unspecified atom stereocenters. The molecule has 0 aromatic heterocycles. The van der Waals surface area contributed by atoms with Crippen molar-refractivity contribution in [1.29, 1.82) is 0 Å². The predicted octanol–water partition coefficient (Wildman–Crippen LogP) is 1.42. The molecule has 0 amide bonds. The minimum atomic E-state index is -0.865. The van der Waals surface area contributed by atoms with Crippen LogP contribution in [0.4, 0.5) is 0 Å². The summed E-state index contributed by atoms with van der Waals surface area (Å²) in [6, 6.07) is 8.77. The fourth-order valence-electron chi connectivity index (χ4n) is 0.807. The predicted molar refractivity (Wildman–Crippen MR) is 39.0 cm³/mol. The SMILES string of the molecule is O=CC(OO)c1ccccc1. The van der Waals surface area contributed by atoms with Crippen LogP contribution < -0.4 is 0 Å². The fraction of sp³-hybridized carbons (Fsp3) is 0.125. The molecule has 0 heterocycles. The molecular formula is C8H8O3. The van der Waals surface area contributed by atoms with Crippen molar-refractivity contribution in [3.05, 3.63) is 35.9 Å². The number of hydrogen-bond donors (Lipinski definition) is 1. The first-order chi connectivity index (χ1) is 5.38. The van der Waals surface area contributed by atoms with Gasteiger partial charge in [-0.05, 0) is 5.56 Å². The summed E-state index contributed by atoms with van der Waals surface area (Å²) in [5.74, 6) is 0. The average Bonchev–Trinajstić information content (AvgIpc) is 2.09. The van der Waals surface area contributed by atoms with E-state index in [0.717, 1.165) is 0 Å². The Bertz CT molecular complexity index is 220. The molecule has 1 aromatic rings. The summed E-state index contributed by atoms with van der Waals surface area (Å²) in [6.45, 7) is 0. The fourth-order valence-corrected chi connectivity index (χ4v) is 0.807. The summed E-state index contributed by atoms with van der Waals surface area (Å²) in [6.07, 6.45) is -0.328. The van der Waals surface area contributed by atoms with Crippen LogP contribution in [0.3, 0.4) is 0 Å². The summed E-state index contributed by atoms with van der Waals surface area (Å²) in [4.78, 5) is 14.2. The first kappa shape index (κ1) is 7.91. The first-order valence-corrected chi connectivity index (χ1v) is 3.19. The van der Waals surface area contributed by atoms with Crippen molar-refractivity contribution in [3.63, 3.8) is 0 Å². The topological polar surface area (TPSA) is 46.5 Å². The van der Waals surface area contributed by atoms with Gasteiger partial charge in [0.1, 0.15) is 0 Å². The molecule has 1 aromatic carbocycles. The van der Waals surface area contributed by atoms with Crippen LogP contribution in [-0.2, 0) is 9.68 Å². The van der Waals surface area contributed by atoms with E-state index in [0.29, 0.717) is 11.8 Å². The highest BCUT2D eigenvalue weighted by Gasteiger charge is 2.08. The zero-order chi connectivity index (χ0) is 8.10. The molecular weight excluding hydrogens is 144 g/mol. The molecule has 3 nitrogen and oxygen atoms in total. The second kappa shape index (κ2) is 3.85. The number of aldehydes is 1. The quantitative estimate of drug-likeness (QED) is 0.404. The molecule has 3 heteroatoms. The second-order valence-corrected chi connectivity index (χ2v) is 2.07. The summed E-state index contributed by atoms with van der Waals surface area (Å²) in [5, 5.41) is 8.25. The molecule has 0 bridgehead atoms. The van der Waals surface area contributed by atoms with Crippen LogP contribution in [0, 0.1) is 0 Å². The highest BCUT2D eigenvalue weighted by Crippen LogP contribution is 2.12. The van der Waals surface area contributed by atoms with Crippen LogP contribution in [0.1, 0.15) is 11.7 Å². The van der Waals surface area contributed by atoms with Gasteiger partial charge < -0.3 is 0 Å². The molecule has 1 N–H and O–H groups in total. The lowest BCUT2D eigenvalue weighted by Gasteiger charge is -2.04. The maximum Gasteiger partial charge on any atom is 0.173 e. The number of carbonyl (C=O) groups excluding carboxylic acids is 1. The number of carbonyl (C=O) groups is 1. The van der Waals surface area contributed by atoms with Crippen molar-refractivity contribution in [2.45, 2.75) is 6.10 Å². The highest BCUT2D eigenvalue weighted by atomic mass is 17.1. The molecule has 1 atom stereocenters. The Hall–Kier alpha value is -1.19. The molecule has 0 aliphatic heterocycles. The van der Waals surface area contributed by atoms with Gasteiger partial charge in [-0.15, -0.1) is 0 Å². The molecule has 11 heavy (non-hydrogen) atoms. The van der Waals surface area contributed by atoms with Crippen molar-refractivity contribution in [3.8, 4) is 0 Å². The molecule has 0 aliphatic carbocycles. The van der Waals surface area contributed by atoms with E-state index >= 15 is 0 Å². The Morgan fingerprint density at radius 1 is 1.36 bits per heavy atom. The van der Waals surface area contributed by atoms with Gasteiger partial charge in [0.15, 0.2) is 12.4 Å². The molecule has 1 rings (SSSR count). The van der Waals surface area contributed by atoms with E-state index in [9.17, 15) is 4.79 Å². The van der Waals surface area contributed by atoms with Crippen LogP contribution in [0.5, 0.6) is 0 Å². The van der Waals surface area contributed by atoms with E-state index in [4.69, 9.17) is 5.26 Å². The number of benzene rings is 1. The molecule has 0 spiro atoms. The van der Waals surface area contributed by atoms with Gasteiger partial charge in [0.2, 0.25) is 0 Å². The van der Waals surface area contributed by atoms with Gasteiger partial charge in [-0.2, -0.15) is 0 Å². The van der Waals surface area contributed by atoms with Gasteiger partial charge in [0.05, 0.1) is 0 Å². The lowest BCUT2D eigenvalue weighted by molar-refractivity contribution is -0.270. The summed E-state index contributed by atoms with van der Waals surface area (Å²) in [7, 11) is 0. The maximum atomic E-state index is 10.3. The van der Waals surface area contributed by atoms with E-state index in [2.05, 4.69) is 4.89 Å². The maximum absolute atomic E-state index is 10.3. The monoisotopic (exact) mass is 152 g/mol. The summed E-state index contributed by atoms with van der Waals surface area (Å²) >= 11 is 0. The Morgan fingerprint density at radius 2 is 2.00 bits per heavy atom. The van der Waals surface area contributed by atoms with Crippen LogP contribution in [0.15, 0.2) is 30.3 Å². The minimum Gasteiger partial charge on any atom is -0.300 e. The van der Waals surface area contributed by atoms with Crippen LogP contribution >= 0.6 is 0 Å². The third kappa shape index (κ3) is 1.86. The molecule has 0 aliphatic rings. The van der Waals surface area contributed by atoms with Gasteiger partial charge in [-0.3, -0.25) is 10.1 Å². The summed E-state index contributed by atoms with van der Waals surface area (Å²) < 4.78 is 0. The van der Waals surface area contributed by atoms with Gasteiger partial charge in [0.25, 0.3) is 0 Å². The normalized spacial score (nSPS) is 12.5. The smallest absolute Gasteiger partial charge is 0.173 e. The first-order valence-electron chi connectivity index (χ1n) is 3.19. The Kier molecular flexibility index (Phi) is 2.77. The molecule has 0 saturated carbocycles. The number of hydrogen-bond acceptors (Lipinski definition) is 3. The Balaban J connectivity index is 2.82. The Morgan fingerprint density at radius 3 is 2.45 bits per heavy atom. The molecule has 58 valence electrons. The summed E-state index contributed by atoms with van der Waals surface area (Å²) in [5.41, 5.74) is 0.644. The van der Waals surface area contributed by atoms with E-state index < -0.39 is 6.10 Å². The van der Waals surface area contributed by atoms with Crippen molar-refractivity contribution in [2.75, 3.05) is 0 Å².